The molecule has 0 bridgehead atoms. The van der Waals surface area contributed by atoms with E-state index in [2.05, 4.69) is 32.6 Å². The van der Waals surface area contributed by atoms with Gasteiger partial charge in [0.25, 0.3) is 5.89 Å². The van der Waals surface area contributed by atoms with Crippen molar-refractivity contribution in [3.8, 4) is 17.6 Å². The predicted octanol–water partition coefficient (Wildman–Crippen LogP) is 4.00. The van der Waals surface area contributed by atoms with Gasteiger partial charge >= 0.3 is 5.95 Å². The molecule has 6 heteroatoms. The summed E-state index contributed by atoms with van der Waals surface area (Å²) < 4.78 is 11.4. The number of halogens is 1. The third-order valence-electron chi connectivity index (χ3n) is 2.53. The number of furan rings is 1. The van der Waals surface area contributed by atoms with Gasteiger partial charge in [-0.25, -0.2) is 4.98 Å². The molecule has 2 heterocycles. The minimum Gasteiger partial charge on any atom is -0.479 e. The van der Waals surface area contributed by atoms with Crippen molar-refractivity contribution in [1.82, 2.24) is 4.98 Å². The van der Waals surface area contributed by atoms with E-state index >= 15 is 0 Å². The van der Waals surface area contributed by atoms with Crippen LogP contribution < -0.4 is 0 Å². The van der Waals surface area contributed by atoms with E-state index in [0.717, 1.165) is 9.26 Å². The Morgan fingerprint density at radius 2 is 2.00 bits per heavy atom. The van der Waals surface area contributed by atoms with Crippen LogP contribution in [-0.2, 0) is 0 Å². The standard InChI is InChI=1S/C14H9IN2O3/c15-9-3-5-10(6-4-9)16-8-11-14(18)20-13(17-11)12-2-1-7-19-12/h1-8,18H. The van der Waals surface area contributed by atoms with Gasteiger partial charge in [-0.05, 0) is 59.0 Å². The first-order valence-electron chi connectivity index (χ1n) is 5.76. The second kappa shape index (κ2) is 5.49. The molecular weight excluding hydrogens is 371 g/mol. The molecule has 100 valence electrons. The number of hydrogen-bond donors (Lipinski definition) is 1. The minimum absolute atomic E-state index is 0.219. The van der Waals surface area contributed by atoms with Gasteiger partial charge in [0.15, 0.2) is 11.5 Å². The molecule has 0 saturated heterocycles. The second-order valence-electron chi connectivity index (χ2n) is 3.92. The third-order valence-corrected chi connectivity index (χ3v) is 3.25. The van der Waals surface area contributed by atoms with E-state index in [-0.39, 0.29) is 17.5 Å². The molecule has 5 nitrogen and oxygen atoms in total. The van der Waals surface area contributed by atoms with Crippen molar-refractivity contribution >= 4 is 34.5 Å². The first-order valence-corrected chi connectivity index (χ1v) is 6.83. The Balaban J connectivity index is 1.86. The molecule has 0 amide bonds. The van der Waals surface area contributed by atoms with Gasteiger partial charge in [0, 0.05) is 3.57 Å². The predicted molar refractivity (Wildman–Crippen MR) is 82.3 cm³/mol. The number of aliphatic imine (C=N–C) groups is 1. The number of oxazole rings is 1. The minimum atomic E-state index is -0.286. The molecule has 0 radical (unpaired) electrons. The maximum absolute atomic E-state index is 9.69. The molecule has 3 rings (SSSR count). The maximum atomic E-state index is 9.69. The van der Waals surface area contributed by atoms with Gasteiger partial charge in [-0.3, -0.25) is 4.99 Å². The van der Waals surface area contributed by atoms with E-state index in [1.807, 2.05) is 24.3 Å². The summed E-state index contributed by atoms with van der Waals surface area (Å²) >= 11 is 2.22. The van der Waals surface area contributed by atoms with Crippen LogP contribution in [0, 0.1) is 3.57 Å². The lowest BCUT2D eigenvalue weighted by Crippen LogP contribution is -1.81. The fraction of sp³-hybridized carbons (Fsp3) is 0. The Kier molecular flexibility index (Phi) is 3.55. The lowest BCUT2D eigenvalue weighted by atomic mass is 10.3. The number of aromatic hydroxyl groups is 1. The molecule has 0 unspecified atom stereocenters. The molecule has 0 spiro atoms. The fourth-order valence-corrected chi connectivity index (χ4v) is 1.94. The van der Waals surface area contributed by atoms with E-state index in [0.29, 0.717) is 5.76 Å². The smallest absolute Gasteiger partial charge is 0.312 e. The normalized spacial score (nSPS) is 11.2. The molecule has 0 aliphatic heterocycles. The molecule has 1 N–H and O–H groups in total. The number of nitrogens with zero attached hydrogens (tertiary/aromatic N) is 2. The summed E-state index contributed by atoms with van der Waals surface area (Å²) in [6.07, 6.45) is 2.96. The van der Waals surface area contributed by atoms with E-state index in [1.54, 1.807) is 12.1 Å². The first-order chi connectivity index (χ1) is 9.72. The summed E-state index contributed by atoms with van der Waals surface area (Å²) in [4.78, 5) is 8.36. The highest BCUT2D eigenvalue weighted by Gasteiger charge is 2.13. The molecular formula is C14H9IN2O3. The van der Waals surface area contributed by atoms with Gasteiger partial charge in [-0.2, -0.15) is 0 Å². The molecule has 0 fully saturated rings. The lowest BCUT2D eigenvalue weighted by Gasteiger charge is -1.92. The topological polar surface area (TPSA) is 71.8 Å². The Labute approximate surface area is 128 Å². The summed E-state index contributed by atoms with van der Waals surface area (Å²) in [7, 11) is 0. The highest BCUT2D eigenvalue weighted by atomic mass is 127. The van der Waals surface area contributed by atoms with Gasteiger partial charge in [-0.1, -0.05) is 0 Å². The quantitative estimate of drug-likeness (QED) is 0.551. The van der Waals surface area contributed by atoms with Gasteiger partial charge in [0.05, 0.1) is 18.2 Å². The fourth-order valence-electron chi connectivity index (χ4n) is 1.58. The largest absolute Gasteiger partial charge is 0.479 e. The van der Waals surface area contributed by atoms with Crippen molar-refractivity contribution in [1.29, 1.82) is 0 Å². The van der Waals surface area contributed by atoms with Crippen LogP contribution in [0.15, 0.2) is 56.5 Å². The zero-order valence-corrected chi connectivity index (χ0v) is 12.3. The Hall–Kier alpha value is -2.09. The first kappa shape index (κ1) is 12.9. The summed E-state index contributed by atoms with van der Waals surface area (Å²) in [6, 6.07) is 11.1. The van der Waals surface area contributed by atoms with Crippen LogP contribution >= 0.6 is 22.6 Å². The average Bonchev–Trinajstić information content (AvgIpc) is 3.08. The molecule has 1 aromatic carbocycles. The summed E-state index contributed by atoms with van der Waals surface area (Å²) in [5.74, 6) is 0.386. The number of aromatic nitrogens is 1. The van der Waals surface area contributed by atoms with E-state index in [9.17, 15) is 5.11 Å². The SMILES string of the molecule is Oc1oc(-c2ccco2)nc1C=Nc1ccc(I)cc1. The molecule has 0 saturated carbocycles. The molecule has 0 atom stereocenters. The van der Waals surface area contributed by atoms with Crippen molar-refractivity contribution in [2.75, 3.05) is 0 Å². The lowest BCUT2D eigenvalue weighted by molar-refractivity contribution is 0.333. The zero-order valence-electron chi connectivity index (χ0n) is 10.2. The third kappa shape index (κ3) is 2.74. The number of benzene rings is 1. The zero-order chi connectivity index (χ0) is 13.9. The van der Waals surface area contributed by atoms with Gasteiger partial charge < -0.3 is 13.9 Å². The highest BCUT2D eigenvalue weighted by molar-refractivity contribution is 14.1. The number of hydrogen-bond acceptors (Lipinski definition) is 5. The molecule has 3 aromatic rings. The van der Waals surface area contributed by atoms with E-state index < -0.39 is 0 Å². The van der Waals surface area contributed by atoms with Crippen molar-refractivity contribution in [2.24, 2.45) is 4.99 Å². The van der Waals surface area contributed by atoms with Crippen LogP contribution in [0.1, 0.15) is 5.69 Å². The van der Waals surface area contributed by atoms with Crippen molar-refractivity contribution < 1.29 is 13.9 Å². The van der Waals surface area contributed by atoms with Crippen molar-refractivity contribution in [3.05, 3.63) is 51.9 Å². The van der Waals surface area contributed by atoms with Crippen LogP contribution in [0.25, 0.3) is 11.7 Å². The molecule has 0 aliphatic rings. The van der Waals surface area contributed by atoms with Gasteiger partial charge in [0.2, 0.25) is 0 Å². The van der Waals surface area contributed by atoms with Crippen LogP contribution in [0.4, 0.5) is 5.69 Å². The van der Waals surface area contributed by atoms with Crippen LogP contribution in [0.5, 0.6) is 5.95 Å². The van der Waals surface area contributed by atoms with Crippen molar-refractivity contribution in [2.45, 2.75) is 0 Å². The Morgan fingerprint density at radius 3 is 2.70 bits per heavy atom. The average molecular weight is 380 g/mol. The van der Waals surface area contributed by atoms with E-state index in [1.165, 1.54) is 12.5 Å². The number of rotatable bonds is 3. The van der Waals surface area contributed by atoms with Gasteiger partial charge in [0.1, 0.15) is 0 Å². The Morgan fingerprint density at radius 1 is 1.20 bits per heavy atom. The van der Waals surface area contributed by atoms with Crippen LogP contribution in [0.2, 0.25) is 0 Å². The van der Waals surface area contributed by atoms with Crippen molar-refractivity contribution in [3.63, 3.8) is 0 Å². The molecule has 2 aromatic heterocycles. The van der Waals surface area contributed by atoms with E-state index in [4.69, 9.17) is 8.83 Å². The molecule has 0 aliphatic carbocycles. The summed E-state index contributed by atoms with van der Waals surface area (Å²) in [5.41, 5.74) is 1.03. The molecule has 20 heavy (non-hydrogen) atoms. The Bertz CT molecular complexity index is 730. The highest BCUT2D eigenvalue weighted by Crippen LogP contribution is 2.26. The summed E-state index contributed by atoms with van der Waals surface area (Å²) in [6.45, 7) is 0. The van der Waals surface area contributed by atoms with Crippen LogP contribution in [0.3, 0.4) is 0 Å². The summed E-state index contributed by atoms with van der Waals surface area (Å²) in [5, 5.41) is 9.69. The monoisotopic (exact) mass is 380 g/mol. The van der Waals surface area contributed by atoms with Crippen LogP contribution in [-0.4, -0.2) is 16.3 Å². The second-order valence-corrected chi connectivity index (χ2v) is 5.17. The maximum Gasteiger partial charge on any atom is 0.312 e. The van der Waals surface area contributed by atoms with Gasteiger partial charge in [-0.15, -0.1) is 0 Å².